The van der Waals surface area contributed by atoms with Crippen molar-refractivity contribution in [1.82, 2.24) is 10.2 Å². The fraction of sp³-hybridized carbons (Fsp3) is 0.462. The van der Waals surface area contributed by atoms with Crippen LogP contribution in [0.3, 0.4) is 0 Å². The van der Waals surface area contributed by atoms with E-state index in [4.69, 9.17) is 17.0 Å². The molecule has 2 rings (SSSR count). The molecule has 1 fully saturated rings. The molecule has 1 heterocycles. The number of hydrogen-bond donors (Lipinski definition) is 1. The number of nitrogens with zero attached hydrogens (tertiary/aromatic N) is 1. The third-order valence-corrected chi connectivity index (χ3v) is 3.31. The molecule has 1 aromatic rings. The largest absolute Gasteiger partial charge is 0.378 e. The minimum atomic E-state index is 0.242. The highest BCUT2D eigenvalue weighted by atomic mass is 32.1. The van der Waals surface area contributed by atoms with Crippen molar-refractivity contribution in [2.45, 2.75) is 13.0 Å². The van der Waals surface area contributed by atoms with Crippen LogP contribution in [0.4, 0.5) is 0 Å². The van der Waals surface area contributed by atoms with E-state index in [1.165, 1.54) is 5.56 Å². The van der Waals surface area contributed by atoms with Crippen molar-refractivity contribution in [2.75, 3.05) is 26.3 Å². The van der Waals surface area contributed by atoms with Gasteiger partial charge in [-0.05, 0) is 24.7 Å². The quantitative estimate of drug-likeness (QED) is 0.811. The van der Waals surface area contributed by atoms with Crippen molar-refractivity contribution >= 4 is 17.3 Å². The summed E-state index contributed by atoms with van der Waals surface area (Å²) in [6, 6.07) is 10.6. The average molecular weight is 250 g/mol. The summed E-state index contributed by atoms with van der Waals surface area (Å²) in [4.78, 5) is 2.16. The molecule has 0 radical (unpaired) electrons. The first-order valence-corrected chi connectivity index (χ1v) is 6.36. The zero-order valence-electron chi connectivity index (χ0n) is 10.1. The summed E-state index contributed by atoms with van der Waals surface area (Å²) in [5.41, 5.74) is 1.25. The van der Waals surface area contributed by atoms with Crippen LogP contribution in [0.5, 0.6) is 0 Å². The summed E-state index contributed by atoms with van der Waals surface area (Å²) < 4.78 is 5.31. The molecule has 1 N–H and O–H groups in total. The standard InChI is InChI=1S/C13H18N2OS/c1-11(12-5-3-2-4-6-12)14-13(17)15-7-9-16-10-8-15/h2-6,11H,7-10H2,1H3,(H,14,17)/t11-/m1/s1. The third-order valence-electron chi connectivity index (χ3n) is 2.94. The Hall–Kier alpha value is -1.13. The molecule has 1 atom stereocenters. The van der Waals surface area contributed by atoms with E-state index in [2.05, 4.69) is 29.3 Å². The molecule has 0 aromatic heterocycles. The minimum absolute atomic E-state index is 0.242. The van der Waals surface area contributed by atoms with Crippen LogP contribution in [0.2, 0.25) is 0 Å². The highest BCUT2D eigenvalue weighted by molar-refractivity contribution is 7.80. The number of benzene rings is 1. The van der Waals surface area contributed by atoms with Crippen LogP contribution in [-0.4, -0.2) is 36.3 Å². The lowest BCUT2D eigenvalue weighted by Gasteiger charge is -2.31. The molecule has 1 aliphatic heterocycles. The van der Waals surface area contributed by atoms with Gasteiger partial charge in [0.25, 0.3) is 0 Å². The highest BCUT2D eigenvalue weighted by Crippen LogP contribution is 2.12. The molecule has 1 aromatic carbocycles. The van der Waals surface area contributed by atoms with Crippen molar-refractivity contribution in [3.05, 3.63) is 35.9 Å². The Balaban J connectivity index is 1.89. The Bertz CT molecular complexity index is 363. The normalized spacial score (nSPS) is 17.6. The molecule has 1 aliphatic rings. The van der Waals surface area contributed by atoms with Gasteiger partial charge in [0.15, 0.2) is 5.11 Å². The Morgan fingerprint density at radius 2 is 1.94 bits per heavy atom. The number of nitrogens with one attached hydrogen (secondary N) is 1. The Kier molecular flexibility index (Phi) is 4.34. The van der Waals surface area contributed by atoms with Gasteiger partial charge in [0.1, 0.15) is 0 Å². The van der Waals surface area contributed by atoms with E-state index in [1.807, 2.05) is 18.2 Å². The molecule has 0 amide bonds. The van der Waals surface area contributed by atoms with Gasteiger partial charge in [0.05, 0.1) is 19.3 Å². The van der Waals surface area contributed by atoms with Gasteiger partial charge in [0, 0.05) is 13.1 Å². The summed E-state index contributed by atoms with van der Waals surface area (Å²) >= 11 is 5.41. The zero-order valence-corrected chi connectivity index (χ0v) is 10.9. The second kappa shape index (κ2) is 5.98. The van der Waals surface area contributed by atoms with E-state index in [1.54, 1.807) is 0 Å². The monoisotopic (exact) mass is 250 g/mol. The zero-order chi connectivity index (χ0) is 12.1. The predicted molar refractivity (Wildman–Crippen MR) is 73.0 cm³/mol. The second-order valence-electron chi connectivity index (χ2n) is 4.18. The Morgan fingerprint density at radius 3 is 2.59 bits per heavy atom. The number of hydrogen-bond acceptors (Lipinski definition) is 2. The predicted octanol–water partition coefficient (Wildman–Crippen LogP) is 1.95. The third kappa shape index (κ3) is 3.41. The van der Waals surface area contributed by atoms with Crippen molar-refractivity contribution in [2.24, 2.45) is 0 Å². The van der Waals surface area contributed by atoms with E-state index in [9.17, 15) is 0 Å². The van der Waals surface area contributed by atoms with Crippen LogP contribution in [0.25, 0.3) is 0 Å². The van der Waals surface area contributed by atoms with Crippen molar-refractivity contribution in [1.29, 1.82) is 0 Å². The summed E-state index contributed by atoms with van der Waals surface area (Å²) in [5, 5.41) is 4.19. The van der Waals surface area contributed by atoms with Gasteiger partial charge in [-0.1, -0.05) is 30.3 Å². The van der Waals surface area contributed by atoms with Gasteiger partial charge in [-0.25, -0.2) is 0 Å². The van der Waals surface area contributed by atoms with E-state index >= 15 is 0 Å². The Morgan fingerprint density at radius 1 is 1.29 bits per heavy atom. The molecular formula is C13H18N2OS. The SMILES string of the molecule is C[C@@H](NC(=S)N1CCOCC1)c1ccccc1. The van der Waals surface area contributed by atoms with Crippen LogP contribution in [0.15, 0.2) is 30.3 Å². The Labute approximate surface area is 108 Å². The van der Waals surface area contributed by atoms with Crippen LogP contribution in [0.1, 0.15) is 18.5 Å². The molecule has 1 saturated heterocycles. The maximum Gasteiger partial charge on any atom is 0.169 e. The van der Waals surface area contributed by atoms with E-state index in [0.717, 1.165) is 31.4 Å². The molecule has 17 heavy (non-hydrogen) atoms. The molecule has 0 saturated carbocycles. The number of morpholine rings is 1. The van der Waals surface area contributed by atoms with Gasteiger partial charge in [-0.3, -0.25) is 0 Å². The number of thiocarbonyl (C=S) groups is 1. The van der Waals surface area contributed by atoms with E-state index < -0.39 is 0 Å². The lowest BCUT2D eigenvalue weighted by atomic mass is 10.1. The molecule has 0 unspecified atom stereocenters. The fourth-order valence-corrected chi connectivity index (χ4v) is 2.23. The topological polar surface area (TPSA) is 24.5 Å². The first kappa shape index (κ1) is 12.3. The van der Waals surface area contributed by atoms with Crippen LogP contribution >= 0.6 is 12.2 Å². The molecule has 0 aliphatic carbocycles. The summed E-state index contributed by atoms with van der Waals surface area (Å²) in [6.45, 7) is 5.42. The molecule has 0 bridgehead atoms. The number of ether oxygens (including phenoxy) is 1. The highest BCUT2D eigenvalue weighted by Gasteiger charge is 2.15. The molecular weight excluding hydrogens is 232 g/mol. The number of rotatable bonds is 2. The summed E-state index contributed by atoms with van der Waals surface area (Å²) in [6.07, 6.45) is 0. The van der Waals surface area contributed by atoms with Gasteiger partial charge < -0.3 is 15.0 Å². The molecule has 4 heteroatoms. The van der Waals surface area contributed by atoms with E-state index in [0.29, 0.717) is 0 Å². The average Bonchev–Trinajstić information content (AvgIpc) is 2.40. The van der Waals surface area contributed by atoms with Gasteiger partial charge >= 0.3 is 0 Å². The van der Waals surface area contributed by atoms with Gasteiger partial charge in [-0.15, -0.1) is 0 Å². The van der Waals surface area contributed by atoms with Gasteiger partial charge in [0.2, 0.25) is 0 Å². The van der Waals surface area contributed by atoms with Crippen LogP contribution in [0, 0.1) is 0 Å². The fourth-order valence-electron chi connectivity index (χ4n) is 1.87. The maximum absolute atomic E-state index is 5.41. The summed E-state index contributed by atoms with van der Waals surface area (Å²) in [7, 11) is 0. The van der Waals surface area contributed by atoms with Crippen molar-refractivity contribution in [3.63, 3.8) is 0 Å². The molecule has 3 nitrogen and oxygen atoms in total. The first-order valence-electron chi connectivity index (χ1n) is 5.95. The second-order valence-corrected chi connectivity index (χ2v) is 4.57. The maximum atomic E-state index is 5.41. The van der Waals surface area contributed by atoms with E-state index in [-0.39, 0.29) is 6.04 Å². The van der Waals surface area contributed by atoms with Crippen molar-refractivity contribution < 1.29 is 4.74 Å². The lowest BCUT2D eigenvalue weighted by Crippen LogP contribution is -2.46. The lowest BCUT2D eigenvalue weighted by molar-refractivity contribution is 0.0674. The minimum Gasteiger partial charge on any atom is -0.378 e. The van der Waals surface area contributed by atoms with Crippen LogP contribution < -0.4 is 5.32 Å². The van der Waals surface area contributed by atoms with Crippen molar-refractivity contribution in [3.8, 4) is 0 Å². The summed E-state index contributed by atoms with van der Waals surface area (Å²) in [5.74, 6) is 0. The first-order chi connectivity index (χ1) is 8.27. The van der Waals surface area contributed by atoms with Crippen LogP contribution in [-0.2, 0) is 4.74 Å². The smallest absolute Gasteiger partial charge is 0.169 e. The molecule has 92 valence electrons. The van der Waals surface area contributed by atoms with Gasteiger partial charge in [-0.2, -0.15) is 0 Å². The molecule has 0 spiro atoms.